The number of ether oxygens (including phenoxy) is 1. The lowest BCUT2D eigenvalue weighted by Crippen LogP contribution is -2.44. The minimum absolute atomic E-state index is 0.219. The van der Waals surface area contributed by atoms with E-state index in [0.29, 0.717) is 5.56 Å². The lowest BCUT2D eigenvalue weighted by molar-refractivity contribution is -0.337. The third-order valence-corrected chi connectivity index (χ3v) is 2.85. The Bertz CT molecular complexity index is 569. The molecule has 0 bridgehead atoms. The normalized spacial score (nSPS) is 23.2. The van der Waals surface area contributed by atoms with Gasteiger partial charge in [0.05, 0.1) is 18.1 Å². The standard InChI is InChI=1S/C13H10F3NO2/c1-8-2-4-9(5-3-8)11-10(7-17)6-12(18,19-11)13(14,15)16/h2-5,18H,6H2,1H3. The van der Waals surface area contributed by atoms with Crippen molar-refractivity contribution in [1.82, 2.24) is 0 Å². The topological polar surface area (TPSA) is 53.2 Å². The van der Waals surface area contributed by atoms with E-state index in [2.05, 4.69) is 4.74 Å². The molecule has 0 saturated heterocycles. The van der Waals surface area contributed by atoms with E-state index >= 15 is 0 Å². The Hall–Kier alpha value is -2.00. The maximum absolute atomic E-state index is 12.7. The van der Waals surface area contributed by atoms with Crippen molar-refractivity contribution in [3.63, 3.8) is 0 Å². The van der Waals surface area contributed by atoms with Crippen LogP contribution in [0, 0.1) is 18.3 Å². The summed E-state index contributed by atoms with van der Waals surface area (Å²) in [5.41, 5.74) is 1.04. The molecule has 1 aliphatic rings. The van der Waals surface area contributed by atoms with Crippen LogP contribution in [0.15, 0.2) is 29.8 Å². The van der Waals surface area contributed by atoms with Crippen LogP contribution in [0.1, 0.15) is 17.5 Å². The highest BCUT2D eigenvalue weighted by atomic mass is 19.4. The minimum atomic E-state index is -4.96. The first kappa shape index (κ1) is 13.4. The molecule has 1 aromatic carbocycles. The molecule has 0 aromatic heterocycles. The Morgan fingerprint density at radius 2 is 1.89 bits per heavy atom. The van der Waals surface area contributed by atoms with Crippen LogP contribution in [0.5, 0.6) is 0 Å². The molecule has 0 spiro atoms. The molecule has 0 radical (unpaired) electrons. The number of alkyl halides is 3. The van der Waals surface area contributed by atoms with Gasteiger partial charge in [0.15, 0.2) is 0 Å². The average molecular weight is 269 g/mol. The zero-order chi connectivity index (χ0) is 14.3. The van der Waals surface area contributed by atoms with Gasteiger partial charge in [-0.25, -0.2) is 0 Å². The first-order chi connectivity index (χ1) is 8.77. The molecule has 1 unspecified atom stereocenters. The largest absolute Gasteiger partial charge is 0.455 e. The van der Waals surface area contributed by atoms with Gasteiger partial charge in [-0.3, -0.25) is 0 Å². The molecule has 0 fully saturated rings. The highest BCUT2D eigenvalue weighted by molar-refractivity contribution is 5.69. The van der Waals surface area contributed by atoms with Crippen LogP contribution in [-0.2, 0) is 4.74 Å². The summed E-state index contributed by atoms with van der Waals surface area (Å²) >= 11 is 0. The fourth-order valence-corrected chi connectivity index (χ4v) is 1.77. The summed E-state index contributed by atoms with van der Waals surface area (Å²) in [5, 5.41) is 18.4. The van der Waals surface area contributed by atoms with Gasteiger partial charge < -0.3 is 9.84 Å². The van der Waals surface area contributed by atoms with E-state index in [1.165, 1.54) is 0 Å². The van der Waals surface area contributed by atoms with Gasteiger partial charge in [-0.05, 0) is 6.92 Å². The summed E-state index contributed by atoms with van der Waals surface area (Å²) in [7, 11) is 0. The second kappa shape index (κ2) is 4.28. The lowest BCUT2D eigenvalue weighted by atomic mass is 10.0. The van der Waals surface area contributed by atoms with Crippen LogP contribution in [0.3, 0.4) is 0 Å². The number of nitrogens with zero attached hydrogens (tertiary/aromatic N) is 1. The number of halogens is 3. The monoisotopic (exact) mass is 269 g/mol. The Morgan fingerprint density at radius 1 is 1.32 bits per heavy atom. The van der Waals surface area contributed by atoms with Gasteiger partial charge in [-0.2, -0.15) is 18.4 Å². The Morgan fingerprint density at radius 3 is 2.37 bits per heavy atom. The molecule has 0 saturated carbocycles. The molecule has 100 valence electrons. The van der Waals surface area contributed by atoms with Crippen molar-refractivity contribution in [3.05, 3.63) is 41.0 Å². The number of hydrogen-bond acceptors (Lipinski definition) is 3. The highest BCUT2D eigenvalue weighted by Crippen LogP contribution is 2.46. The molecule has 1 N–H and O–H groups in total. The first-order valence-electron chi connectivity index (χ1n) is 5.45. The van der Waals surface area contributed by atoms with Crippen molar-refractivity contribution in [2.45, 2.75) is 25.3 Å². The third-order valence-electron chi connectivity index (χ3n) is 2.85. The molecule has 1 heterocycles. The van der Waals surface area contributed by atoms with Crippen LogP contribution in [0.2, 0.25) is 0 Å². The summed E-state index contributed by atoms with van der Waals surface area (Å²) in [5.74, 6) is -3.54. The summed E-state index contributed by atoms with van der Waals surface area (Å²) in [6.07, 6.45) is -5.85. The minimum Gasteiger partial charge on any atom is -0.451 e. The Balaban J connectivity index is 2.40. The summed E-state index contributed by atoms with van der Waals surface area (Å²) in [6.45, 7) is 1.82. The molecule has 3 nitrogen and oxygen atoms in total. The molecule has 2 rings (SSSR count). The number of aliphatic hydroxyl groups is 1. The second-order valence-electron chi connectivity index (χ2n) is 4.35. The second-order valence-corrected chi connectivity index (χ2v) is 4.35. The molecular formula is C13H10F3NO2. The lowest BCUT2D eigenvalue weighted by Gasteiger charge is -2.25. The van der Waals surface area contributed by atoms with E-state index < -0.39 is 18.4 Å². The van der Waals surface area contributed by atoms with Gasteiger partial charge in [-0.1, -0.05) is 29.8 Å². The van der Waals surface area contributed by atoms with E-state index in [4.69, 9.17) is 5.26 Å². The summed E-state index contributed by atoms with van der Waals surface area (Å²) in [4.78, 5) is 0. The fourth-order valence-electron chi connectivity index (χ4n) is 1.77. The van der Waals surface area contributed by atoms with Gasteiger partial charge in [0.1, 0.15) is 5.76 Å². The number of hydrogen-bond donors (Lipinski definition) is 1. The van der Waals surface area contributed by atoms with Gasteiger partial charge in [0.2, 0.25) is 0 Å². The average Bonchev–Trinajstić information content (AvgIpc) is 2.68. The van der Waals surface area contributed by atoms with Crippen molar-refractivity contribution >= 4 is 5.76 Å². The van der Waals surface area contributed by atoms with Crippen molar-refractivity contribution < 1.29 is 23.0 Å². The van der Waals surface area contributed by atoms with Crippen LogP contribution >= 0.6 is 0 Å². The molecule has 1 aromatic rings. The first-order valence-corrected chi connectivity index (χ1v) is 5.45. The van der Waals surface area contributed by atoms with Crippen LogP contribution in [0.25, 0.3) is 5.76 Å². The van der Waals surface area contributed by atoms with Gasteiger partial charge in [0.25, 0.3) is 0 Å². The van der Waals surface area contributed by atoms with Crippen molar-refractivity contribution in [2.24, 2.45) is 0 Å². The number of benzene rings is 1. The Kier molecular flexibility index (Phi) is 3.03. The number of nitriles is 1. The zero-order valence-corrected chi connectivity index (χ0v) is 9.95. The van der Waals surface area contributed by atoms with Crippen molar-refractivity contribution in [1.29, 1.82) is 5.26 Å². The van der Waals surface area contributed by atoms with Gasteiger partial charge >= 0.3 is 12.0 Å². The van der Waals surface area contributed by atoms with Crippen LogP contribution in [0.4, 0.5) is 13.2 Å². The smallest absolute Gasteiger partial charge is 0.451 e. The molecule has 1 aliphatic heterocycles. The van der Waals surface area contributed by atoms with E-state index in [9.17, 15) is 18.3 Å². The molecule has 6 heteroatoms. The highest BCUT2D eigenvalue weighted by Gasteiger charge is 2.60. The Labute approximate surface area is 107 Å². The molecular weight excluding hydrogens is 259 g/mol. The summed E-state index contributed by atoms with van der Waals surface area (Å²) in [6, 6.07) is 8.11. The van der Waals surface area contributed by atoms with Crippen LogP contribution in [-0.4, -0.2) is 17.1 Å². The maximum atomic E-state index is 12.7. The predicted octanol–water partition coefficient (Wildman–Crippen LogP) is 2.90. The zero-order valence-electron chi connectivity index (χ0n) is 9.95. The molecule has 19 heavy (non-hydrogen) atoms. The maximum Gasteiger partial charge on any atom is 0.455 e. The third kappa shape index (κ3) is 2.29. The fraction of sp³-hybridized carbons (Fsp3) is 0.308. The molecule has 0 aliphatic carbocycles. The van der Waals surface area contributed by atoms with Crippen molar-refractivity contribution in [2.75, 3.05) is 0 Å². The van der Waals surface area contributed by atoms with E-state index in [0.717, 1.165) is 5.56 Å². The van der Waals surface area contributed by atoms with Crippen molar-refractivity contribution in [3.8, 4) is 6.07 Å². The number of aryl methyl sites for hydroxylation is 1. The summed E-state index contributed by atoms with van der Waals surface area (Å²) < 4.78 is 42.7. The SMILES string of the molecule is Cc1ccc(C2=C(C#N)CC(O)(C(F)(F)F)O2)cc1. The molecule has 1 atom stereocenters. The molecule has 0 amide bonds. The van der Waals surface area contributed by atoms with Gasteiger partial charge in [0, 0.05) is 5.56 Å². The van der Waals surface area contributed by atoms with E-state index in [-0.39, 0.29) is 11.3 Å². The van der Waals surface area contributed by atoms with Gasteiger partial charge in [-0.15, -0.1) is 0 Å². The quantitative estimate of drug-likeness (QED) is 0.852. The van der Waals surface area contributed by atoms with E-state index in [1.54, 1.807) is 30.3 Å². The van der Waals surface area contributed by atoms with Crippen LogP contribution < -0.4 is 0 Å². The number of rotatable bonds is 1. The van der Waals surface area contributed by atoms with E-state index in [1.807, 2.05) is 6.92 Å². The predicted molar refractivity (Wildman–Crippen MR) is 60.4 cm³/mol.